The van der Waals surface area contributed by atoms with Crippen molar-refractivity contribution in [2.45, 2.75) is 45.6 Å². The standard InChI is InChI=1S/C14H20IN/c1-10-9-13(15)7-8-14(10)16-11(2)12-5-3-4-6-12/h7-9,11-12,16H,3-6H2,1-2H3. The molecule has 1 unspecified atom stereocenters. The Labute approximate surface area is 112 Å². The maximum atomic E-state index is 3.68. The molecule has 1 nitrogen and oxygen atoms in total. The van der Waals surface area contributed by atoms with Gasteiger partial charge in [0.15, 0.2) is 0 Å². The minimum atomic E-state index is 0.612. The molecule has 2 rings (SSSR count). The van der Waals surface area contributed by atoms with Gasteiger partial charge < -0.3 is 5.32 Å². The fourth-order valence-corrected chi connectivity index (χ4v) is 3.26. The predicted octanol–water partition coefficient (Wildman–Crippen LogP) is 4.59. The van der Waals surface area contributed by atoms with Crippen LogP contribution in [-0.2, 0) is 0 Å². The summed E-state index contributed by atoms with van der Waals surface area (Å²) in [6.07, 6.45) is 5.64. The Hall–Kier alpha value is -0.250. The van der Waals surface area contributed by atoms with Crippen LogP contribution in [0.3, 0.4) is 0 Å². The Morgan fingerprint density at radius 1 is 1.31 bits per heavy atom. The lowest BCUT2D eigenvalue weighted by atomic mass is 9.99. The van der Waals surface area contributed by atoms with Crippen LogP contribution in [0, 0.1) is 16.4 Å². The fourth-order valence-electron chi connectivity index (χ4n) is 2.61. The number of aryl methyl sites for hydroxylation is 1. The predicted molar refractivity (Wildman–Crippen MR) is 78.9 cm³/mol. The first-order chi connectivity index (χ1) is 7.66. The molecular weight excluding hydrogens is 309 g/mol. The van der Waals surface area contributed by atoms with E-state index in [0.29, 0.717) is 6.04 Å². The van der Waals surface area contributed by atoms with Crippen molar-refractivity contribution in [2.75, 3.05) is 5.32 Å². The van der Waals surface area contributed by atoms with Crippen LogP contribution in [0.15, 0.2) is 18.2 Å². The second-order valence-corrected chi connectivity index (χ2v) is 6.18. The lowest BCUT2D eigenvalue weighted by Gasteiger charge is -2.22. The molecule has 1 fully saturated rings. The number of rotatable bonds is 3. The van der Waals surface area contributed by atoms with Crippen molar-refractivity contribution >= 4 is 28.3 Å². The van der Waals surface area contributed by atoms with Gasteiger partial charge in [-0.2, -0.15) is 0 Å². The molecule has 1 saturated carbocycles. The summed E-state index contributed by atoms with van der Waals surface area (Å²) in [4.78, 5) is 0. The molecule has 0 radical (unpaired) electrons. The van der Waals surface area contributed by atoms with E-state index in [-0.39, 0.29) is 0 Å². The van der Waals surface area contributed by atoms with Crippen LogP contribution in [0.2, 0.25) is 0 Å². The Morgan fingerprint density at radius 2 is 2.00 bits per heavy atom. The third kappa shape index (κ3) is 2.90. The van der Waals surface area contributed by atoms with Crippen LogP contribution in [0.25, 0.3) is 0 Å². The summed E-state index contributed by atoms with van der Waals surface area (Å²) in [5, 5.41) is 3.68. The van der Waals surface area contributed by atoms with Gasteiger partial charge in [0, 0.05) is 15.3 Å². The molecule has 1 aliphatic rings. The molecule has 1 N–H and O–H groups in total. The van der Waals surface area contributed by atoms with E-state index in [1.54, 1.807) is 0 Å². The molecule has 0 heterocycles. The molecule has 0 aromatic heterocycles. The molecule has 1 aliphatic carbocycles. The van der Waals surface area contributed by atoms with E-state index in [1.807, 2.05) is 0 Å². The van der Waals surface area contributed by atoms with E-state index in [1.165, 1.54) is 40.5 Å². The number of hydrogen-bond donors (Lipinski definition) is 1. The van der Waals surface area contributed by atoms with Gasteiger partial charge in [-0.15, -0.1) is 0 Å². The van der Waals surface area contributed by atoms with Crippen LogP contribution in [0.4, 0.5) is 5.69 Å². The SMILES string of the molecule is Cc1cc(I)ccc1NC(C)C1CCCC1. The minimum absolute atomic E-state index is 0.612. The maximum Gasteiger partial charge on any atom is 0.0372 e. The van der Waals surface area contributed by atoms with E-state index in [2.05, 4.69) is 60.0 Å². The van der Waals surface area contributed by atoms with E-state index in [4.69, 9.17) is 0 Å². The number of anilines is 1. The lowest BCUT2D eigenvalue weighted by molar-refractivity contribution is 0.482. The van der Waals surface area contributed by atoms with Gasteiger partial charge in [-0.25, -0.2) is 0 Å². The van der Waals surface area contributed by atoms with Crippen molar-refractivity contribution in [3.05, 3.63) is 27.3 Å². The fraction of sp³-hybridized carbons (Fsp3) is 0.571. The molecule has 1 atom stereocenters. The van der Waals surface area contributed by atoms with Gasteiger partial charge in [0.25, 0.3) is 0 Å². The number of halogens is 1. The van der Waals surface area contributed by atoms with Crippen molar-refractivity contribution in [1.29, 1.82) is 0 Å². The summed E-state index contributed by atoms with van der Waals surface area (Å²) in [6, 6.07) is 7.24. The molecule has 0 bridgehead atoms. The average molecular weight is 329 g/mol. The lowest BCUT2D eigenvalue weighted by Crippen LogP contribution is -2.24. The quantitative estimate of drug-likeness (QED) is 0.800. The zero-order valence-electron chi connectivity index (χ0n) is 10.1. The zero-order valence-corrected chi connectivity index (χ0v) is 12.3. The van der Waals surface area contributed by atoms with Crippen LogP contribution >= 0.6 is 22.6 Å². The summed E-state index contributed by atoms with van der Waals surface area (Å²) in [7, 11) is 0. The van der Waals surface area contributed by atoms with E-state index >= 15 is 0 Å². The summed E-state index contributed by atoms with van der Waals surface area (Å²) in [6.45, 7) is 4.51. The van der Waals surface area contributed by atoms with Crippen LogP contribution in [-0.4, -0.2) is 6.04 Å². The van der Waals surface area contributed by atoms with E-state index < -0.39 is 0 Å². The first-order valence-corrected chi connectivity index (χ1v) is 7.27. The topological polar surface area (TPSA) is 12.0 Å². The number of hydrogen-bond acceptors (Lipinski definition) is 1. The molecule has 0 saturated heterocycles. The Morgan fingerprint density at radius 3 is 2.62 bits per heavy atom. The Balaban J connectivity index is 2.02. The zero-order chi connectivity index (χ0) is 11.5. The highest BCUT2D eigenvalue weighted by Gasteiger charge is 2.21. The molecule has 16 heavy (non-hydrogen) atoms. The van der Waals surface area contributed by atoms with E-state index in [9.17, 15) is 0 Å². The molecule has 0 spiro atoms. The summed E-state index contributed by atoms with van der Waals surface area (Å²) in [5.41, 5.74) is 2.66. The highest BCUT2D eigenvalue weighted by molar-refractivity contribution is 14.1. The minimum Gasteiger partial charge on any atom is -0.382 e. The van der Waals surface area contributed by atoms with Crippen LogP contribution in [0.1, 0.15) is 38.2 Å². The van der Waals surface area contributed by atoms with Gasteiger partial charge in [0.1, 0.15) is 0 Å². The number of benzene rings is 1. The van der Waals surface area contributed by atoms with Gasteiger partial charge >= 0.3 is 0 Å². The van der Waals surface area contributed by atoms with Crippen molar-refractivity contribution in [3.8, 4) is 0 Å². The first kappa shape index (κ1) is 12.2. The van der Waals surface area contributed by atoms with Crippen molar-refractivity contribution in [2.24, 2.45) is 5.92 Å². The molecule has 0 aliphatic heterocycles. The van der Waals surface area contributed by atoms with Gasteiger partial charge in [-0.1, -0.05) is 12.8 Å². The van der Waals surface area contributed by atoms with Crippen molar-refractivity contribution in [1.82, 2.24) is 0 Å². The third-order valence-electron chi connectivity index (χ3n) is 3.68. The number of nitrogens with one attached hydrogen (secondary N) is 1. The Kier molecular flexibility index (Phi) is 4.11. The van der Waals surface area contributed by atoms with Crippen molar-refractivity contribution < 1.29 is 0 Å². The van der Waals surface area contributed by atoms with Crippen LogP contribution < -0.4 is 5.32 Å². The second kappa shape index (κ2) is 5.39. The molecule has 0 amide bonds. The maximum absolute atomic E-state index is 3.68. The molecule has 1 aromatic carbocycles. The smallest absolute Gasteiger partial charge is 0.0372 e. The first-order valence-electron chi connectivity index (χ1n) is 6.19. The largest absolute Gasteiger partial charge is 0.382 e. The summed E-state index contributed by atoms with van der Waals surface area (Å²) >= 11 is 2.37. The van der Waals surface area contributed by atoms with Gasteiger partial charge in [-0.3, -0.25) is 0 Å². The van der Waals surface area contributed by atoms with Crippen LogP contribution in [0.5, 0.6) is 0 Å². The van der Waals surface area contributed by atoms with Crippen molar-refractivity contribution in [3.63, 3.8) is 0 Å². The second-order valence-electron chi connectivity index (χ2n) is 4.94. The monoisotopic (exact) mass is 329 g/mol. The Bertz CT molecular complexity index is 356. The normalized spacial score (nSPS) is 18.7. The molecule has 2 heteroatoms. The van der Waals surface area contributed by atoms with Gasteiger partial charge in [-0.05, 0) is 79.0 Å². The van der Waals surface area contributed by atoms with E-state index in [0.717, 1.165) is 5.92 Å². The van der Waals surface area contributed by atoms with Gasteiger partial charge in [0.05, 0.1) is 0 Å². The molecular formula is C14H20IN. The highest BCUT2D eigenvalue weighted by Crippen LogP contribution is 2.30. The summed E-state index contributed by atoms with van der Waals surface area (Å²) in [5.74, 6) is 0.874. The molecule has 88 valence electrons. The van der Waals surface area contributed by atoms with Gasteiger partial charge in [0.2, 0.25) is 0 Å². The molecule has 1 aromatic rings. The summed E-state index contributed by atoms with van der Waals surface area (Å²) < 4.78 is 1.31. The third-order valence-corrected chi connectivity index (χ3v) is 4.35. The highest BCUT2D eigenvalue weighted by atomic mass is 127. The average Bonchev–Trinajstić information content (AvgIpc) is 2.75.